The molecule has 5 heteroatoms. The van der Waals surface area contributed by atoms with E-state index in [-0.39, 0.29) is 12.3 Å². The lowest BCUT2D eigenvalue weighted by molar-refractivity contribution is -0.136. The first-order valence-electron chi connectivity index (χ1n) is 4.70. The van der Waals surface area contributed by atoms with E-state index in [4.69, 9.17) is 5.11 Å². The van der Waals surface area contributed by atoms with Gasteiger partial charge in [-0.2, -0.15) is 0 Å². The second-order valence-electron chi connectivity index (χ2n) is 3.77. The summed E-state index contributed by atoms with van der Waals surface area (Å²) < 4.78 is 23.5. The average molecular weight is 222 g/mol. The van der Waals surface area contributed by atoms with Crippen LogP contribution in [0.25, 0.3) is 0 Å². The van der Waals surface area contributed by atoms with Crippen LogP contribution >= 0.6 is 0 Å². The van der Waals surface area contributed by atoms with E-state index in [1.54, 1.807) is 27.7 Å². The fourth-order valence-electron chi connectivity index (χ4n) is 1.19. The third kappa shape index (κ3) is 2.70. The third-order valence-electron chi connectivity index (χ3n) is 2.50. The zero-order valence-electron chi connectivity index (χ0n) is 9.02. The van der Waals surface area contributed by atoms with Gasteiger partial charge in [0.25, 0.3) is 0 Å². The average Bonchev–Trinajstić information content (AvgIpc) is 2.02. The lowest BCUT2D eigenvalue weighted by Crippen LogP contribution is -2.38. The molecule has 2 unspecified atom stereocenters. The molecule has 0 aromatic heterocycles. The molecule has 0 aliphatic rings. The molecule has 0 rings (SSSR count). The van der Waals surface area contributed by atoms with Crippen LogP contribution in [-0.2, 0) is 14.6 Å². The highest BCUT2D eigenvalue weighted by atomic mass is 32.2. The minimum absolute atomic E-state index is 0.0617. The van der Waals surface area contributed by atoms with E-state index in [2.05, 4.69) is 0 Å². The van der Waals surface area contributed by atoms with Gasteiger partial charge in [0.1, 0.15) is 0 Å². The van der Waals surface area contributed by atoms with Gasteiger partial charge < -0.3 is 5.11 Å². The van der Waals surface area contributed by atoms with E-state index in [9.17, 15) is 13.2 Å². The molecule has 1 N–H and O–H groups in total. The highest BCUT2D eigenvalue weighted by Gasteiger charge is 2.36. The maximum absolute atomic E-state index is 11.8. The summed E-state index contributed by atoms with van der Waals surface area (Å²) in [6.07, 6.45) is 0.120. The molecule has 0 fully saturated rings. The standard InChI is InChI=1S/C9H18O4S/c1-5-8(9(10)11)14(12,13)7(4)6(2)3/h6-8H,5H2,1-4H3,(H,10,11). The summed E-state index contributed by atoms with van der Waals surface area (Å²) in [6, 6.07) is 0. The number of carbonyl (C=O) groups is 1. The Kier molecular flexibility index (Phi) is 4.58. The highest BCUT2D eigenvalue weighted by Crippen LogP contribution is 2.19. The molecule has 14 heavy (non-hydrogen) atoms. The fraction of sp³-hybridized carbons (Fsp3) is 0.889. The molecular weight excluding hydrogens is 204 g/mol. The molecular formula is C9H18O4S. The lowest BCUT2D eigenvalue weighted by Gasteiger charge is -2.20. The summed E-state index contributed by atoms with van der Waals surface area (Å²) in [6.45, 7) is 6.68. The van der Waals surface area contributed by atoms with Crippen LogP contribution < -0.4 is 0 Å². The Morgan fingerprint density at radius 3 is 1.93 bits per heavy atom. The second kappa shape index (κ2) is 4.77. The van der Waals surface area contributed by atoms with Crippen molar-refractivity contribution in [1.29, 1.82) is 0 Å². The molecule has 0 bridgehead atoms. The molecule has 4 nitrogen and oxygen atoms in total. The number of aliphatic carboxylic acids is 1. The van der Waals surface area contributed by atoms with Gasteiger partial charge in [-0.05, 0) is 19.3 Å². The summed E-state index contributed by atoms with van der Waals surface area (Å²) in [5, 5.41) is 6.89. The predicted molar refractivity (Wildman–Crippen MR) is 54.9 cm³/mol. The van der Waals surface area contributed by atoms with Crippen molar-refractivity contribution in [1.82, 2.24) is 0 Å². The van der Waals surface area contributed by atoms with Crippen LogP contribution in [0.1, 0.15) is 34.1 Å². The smallest absolute Gasteiger partial charge is 0.321 e. The van der Waals surface area contributed by atoms with Crippen LogP contribution in [0.3, 0.4) is 0 Å². The lowest BCUT2D eigenvalue weighted by atomic mass is 10.2. The molecule has 0 heterocycles. The van der Waals surface area contributed by atoms with Crippen LogP contribution in [0, 0.1) is 5.92 Å². The number of carboxylic acids is 1. The first kappa shape index (κ1) is 13.4. The van der Waals surface area contributed by atoms with Crippen molar-refractivity contribution in [3.63, 3.8) is 0 Å². The van der Waals surface area contributed by atoms with Gasteiger partial charge >= 0.3 is 5.97 Å². The van der Waals surface area contributed by atoms with E-state index in [0.717, 1.165) is 0 Å². The summed E-state index contributed by atoms with van der Waals surface area (Å²) in [5.41, 5.74) is 0. The minimum atomic E-state index is -3.55. The molecule has 0 aliphatic carbocycles. The van der Waals surface area contributed by atoms with Gasteiger partial charge in [0.05, 0.1) is 5.25 Å². The summed E-state index contributed by atoms with van der Waals surface area (Å²) in [4.78, 5) is 10.7. The van der Waals surface area contributed by atoms with E-state index >= 15 is 0 Å². The Hall–Kier alpha value is -0.580. The van der Waals surface area contributed by atoms with Crippen LogP contribution in [0.15, 0.2) is 0 Å². The van der Waals surface area contributed by atoms with Crippen molar-refractivity contribution in [2.45, 2.75) is 44.6 Å². The number of hydrogen-bond acceptors (Lipinski definition) is 3. The molecule has 0 aromatic carbocycles. The maximum atomic E-state index is 11.8. The number of rotatable bonds is 5. The highest BCUT2D eigenvalue weighted by molar-refractivity contribution is 7.93. The van der Waals surface area contributed by atoms with Crippen molar-refractivity contribution in [2.75, 3.05) is 0 Å². The molecule has 0 aliphatic heterocycles. The van der Waals surface area contributed by atoms with Gasteiger partial charge in [-0.1, -0.05) is 20.8 Å². The molecule has 84 valence electrons. The van der Waals surface area contributed by atoms with Gasteiger partial charge in [-0.25, -0.2) is 8.42 Å². The van der Waals surface area contributed by atoms with Crippen LogP contribution in [0.5, 0.6) is 0 Å². The predicted octanol–water partition coefficient (Wildman–Crippen LogP) is 1.31. The molecule has 0 amide bonds. The van der Waals surface area contributed by atoms with E-state index in [1.807, 2.05) is 0 Å². The van der Waals surface area contributed by atoms with Crippen LogP contribution in [0.4, 0.5) is 0 Å². The molecule has 2 atom stereocenters. The Bertz CT molecular complexity index is 292. The summed E-state index contributed by atoms with van der Waals surface area (Å²) >= 11 is 0. The summed E-state index contributed by atoms with van der Waals surface area (Å²) in [5.74, 6) is -1.31. The van der Waals surface area contributed by atoms with Crippen molar-refractivity contribution in [3.05, 3.63) is 0 Å². The molecule has 0 saturated heterocycles. The maximum Gasteiger partial charge on any atom is 0.321 e. The molecule has 0 aromatic rings. The van der Waals surface area contributed by atoms with E-state index < -0.39 is 26.3 Å². The van der Waals surface area contributed by atoms with Gasteiger partial charge in [0.2, 0.25) is 0 Å². The molecule has 0 saturated carbocycles. The normalized spacial score (nSPS) is 16.6. The number of hydrogen-bond donors (Lipinski definition) is 1. The van der Waals surface area contributed by atoms with Gasteiger partial charge in [0, 0.05) is 0 Å². The quantitative estimate of drug-likeness (QED) is 0.761. The Morgan fingerprint density at radius 1 is 1.29 bits per heavy atom. The minimum Gasteiger partial charge on any atom is -0.480 e. The largest absolute Gasteiger partial charge is 0.480 e. The van der Waals surface area contributed by atoms with Gasteiger partial charge in [0.15, 0.2) is 15.1 Å². The monoisotopic (exact) mass is 222 g/mol. The Balaban J connectivity index is 5.03. The Labute approximate surface area is 85.2 Å². The summed E-state index contributed by atoms with van der Waals surface area (Å²) in [7, 11) is -3.55. The third-order valence-corrected chi connectivity index (χ3v) is 5.41. The first-order valence-corrected chi connectivity index (χ1v) is 6.31. The van der Waals surface area contributed by atoms with Gasteiger partial charge in [-0.15, -0.1) is 0 Å². The van der Waals surface area contributed by atoms with E-state index in [0.29, 0.717) is 0 Å². The van der Waals surface area contributed by atoms with Crippen molar-refractivity contribution in [3.8, 4) is 0 Å². The topological polar surface area (TPSA) is 71.4 Å². The zero-order valence-corrected chi connectivity index (χ0v) is 9.84. The fourth-order valence-corrected chi connectivity index (χ4v) is 3.21. The molecule has 0 radical (unpaired) electrons. The molecule has 0 spiro atoms. The van der Waals surface area contributed by atoms with E-state index in [1.165, 1.54) is 0 Å². The Morgan fingerprint density at radius 2 is 1.71 bits per heavy atom. The van der Waals surface area contributed by atoms with Crippen LogP contribution in [0.2, 0.25) is 0 Å². The van der Waals surface area contributed by atoms with Crippen molar-refractivity contribution < 1.29 is 18.3 Å². The van der Waals surface area contributed by atoms with Crippen LogP contribution in [-0.4, -0.2) is 30.0 Å². The van der Waals surface area contributed by atoms with Crippen molar-refractivity contribution >= 4 is 15.8 Å². The zero-order chi connectivity index (χ0) is 11.5. The van der Waals surface area contributed by atoms with Crippen molar-refractivity contribution in [2.24, 2.45) is 5.92 Å². The second-order valence-corrected chi connectivity index (χ2v) is 6.26. The van der Waals surface area contributed by atoms with Gasteiger partial charge in [-0.3, -0.25) is 4.79 Å². The number of carboxylic acid groups (broad SMARTS) is 1. The first-order chi connectivity index (χ1) is 6.25. The number of sulfone groups is 1. The SMILES string of the molecule is CCC(C(=O)O)S(=O)(=O)C(C)C(C)C.